The molecule has 0 radical (unpaired) electrons. The predicted octanol–water partition coefficient (Wildman–Crippen LogP) is 4.16. The molecular weight excluding hydrogens is 368 g/mol. The summed E-state index contributed by atoms with van der Waals surface area (Å²) in [5, 5.41) is 0.910. The molecule has 6 nitrogen and oxygen atoms in total. The Morgan fingerprint density at radius 2 is 1.15 bits per heavy atom. The van der Waals surface area contributed by atoms with Gasteiger partial charge in [-0.2, -0.15) is 0 Å². The number of nitrogens with one attached hydrogen (secondary N) is 2. The third-order valence-electron chi connectivity index (χ3n) is 3.69. The van der Waals surface area contributed by atoms with Crippen LogP contribution in [0.4, 0.5) is 0 Å². The Hall–Kier alpha value is -2.58. The van der Waals surface area contributed by atoms with Gasteiger partial charge in [-0.05, 0) is 47.8 Å². The van der Waals surface area contributed by atoms with Crippen molar-refractivity contribution in [2.45, 2.75) is 23.2 Å². The van der Waals surface area contributed by atoms with Crippen LogP contribution in [0.15, 0.2) is 58.8 Å². The van der Waals surface area contributed by atoms with E-state index in [9.17, 15) is 9.59 Å². The van der Waals surface area contributed by atoms with E-state index in [1.54, 1.807) is 0 Å². The second-order valence-corrected chi connectivity index (χ2v) is 7.66. The van der Waals surface area contributed by atoms with E-state index in [1.165, 1.54) is 0 Å². The summed E-state index contributed by atoms with van der Waals surface area (Å²) >= 11 is 2.06. The minimum Gasteiger partial charge on any atom is -0.333 e. The van der Waals surface area contributed by atoms with Gasteiger partial charge in [0.05, 0.1) is 22.1 Å². The molecule has 0 aliphatic rings. The van der Waals surface area contributed by atoms with Crippen molar-refractivity contribution in [2.24, 2.45) is 0 Å². The maximum Gasteiger partial charge on any atom is 0.197 e. The van der Waals surface area contributed by atoms with Gasteiger partial charge in [-0.3, -0.25) is 9.59 Å². The molecule has 0 atom stereocenters. The molecule has 0 fully saturated rings. The minimum absolute atomic E-state index is 0.0948. The largest absolute Gasteiger partial charge is 0.333 e. The average molecular weight is 382 g/mol. The van der Waals surface area contributed by atoms with Crippen LogP contribution in [0.2, 0.25) is 0 Å². The zero-order valence-corrected chi connectivity index (χ0v) is 15.2. The number of rotatable bonds is 5. The molecule has 0 spiro atoms. The lowest BCUT2D eigenvalue weighted by molar-refractivity contribution is -0.115. The van der Waals surface area contributed by atoms with E-state index in [-0.39, 0.29) is 23.1 Å². The van der Waals surface area contributed by atoms with Crippen LogP contribution in [0.3, 0.4) is 0 Å². The second-order valence-electron chi connectivity index (χ2n) is 5.57. The van der Waals surface area contributed by atoms with E-state index >= 15 is 0 Å². The highest BCUT2D eigenvalue weighted by Gasteiger charge is 2.14. The molecule has 0 saturated heterocycles. The van der Waals surface area contributed by atoms with Crippen molar-refractivity contribution in [3.05, 3.63) is 48.5 Å². The van der Waals surface area contributed by atoms with Gasteiger partial charge in [-0.15, -0.1) is 0 Å². The van der Waals surface area contributed by atoms with Crippen LogP contribution < -0.4 is 0 Å². The van der Waals surface area contributed by atoms with Gasteiger partial charge in [0.25, 0.3) is 0 Å². The number of imidazole rings is 2. The molecular formula is C18H14N4O2S2. The molecule has 26 heavy (non-hydrogen) atoms. The molecule has 0 aliphatic carbocycles. The maximum atomic E-state index is 12.1. The highest BCUT2D eigenvalue weighted by atomic mass is 32.2. The van der Waals surface area contributed by atoms with Crippen molar-refractivity contribution in [1.82, 2.24) is 19.9 Å². The molecule has 2 N–H and O–H groups in total. The number of fused-ring (bicyclic) bond motifs is 2. The predicted molar refractivity (Wildman–Crippen MR) is 103 cm³/mol. The number of thioether (sulfide) groups is 2. The smallest absolute Gasteiger partial charge is 0.197 e. The standard InChI is InChI=1S/C18H14N4O2S2/c23-15(25-17-19-11-5-1-2-6-12(11)20-17)9-10-16(24)26-18-21-13-7-3-4-8-14(13)22-18/h1-8H,9-10H2,(H,19,20)(H,21,22). The zero-order valence-electron chi connectivity index (χ0n) is 13.6. The SMILES string of the molecule is O=C(CCC(=O)Sc1nc2ccccc2[nH]1)Sc1nc2ccccc2[nH]1. The Balaban J connectivity index is 1.31. The first-order chi connectivity index (χ1) is 12.7. The summed E-state index contributed by atoms with van der Waals surface area (Å²) in [6.07, 6.45) is 0.321. The number of aromatic amines is 2. The lowest BCUT2D eigenvalue weighted by atomic mass is 10.3. The summed E-state index contributed by atoms with van der Waals surface area (Å²) in [7, 11) is 0. The van der Waals surface area contributed by atoms with Crippen molar-refractivity contribution in [3.63, 3.8) is 0 Å². The number of para-hydroxylation sites is 4. The Kier molecular flexibility index (Phi) is 4.77. The molecule has 0 aliphatic heterocycles. The average Bonchev–Trinajstić information content (AvgIpc) is 3.22. The zero-order chi connectivity index (χ0) is 17.9. The van der Waals surface area contributed by atoms with E-state index < -0.39 is 0 Å². The van der Waals surface area contributed by atoms with E-state index in [2.05, 4.69) is 19.9 Å². The first kappa shape index (κ1) is 16.9. The second kappa shape index (κ2) is 7.35. The van der Waals surface area contributed by atoms with Gasteiger partial charge in [0, 0.05) is 12.8 Å². The topological polar surface area (TPSA) is 91.5 Å². The first-order valence-corrected chi connectivity index (χ1v) is 9.61. The van der Waals surface area contributed by atoms with Crippen molar-refractivity contribution < 1.29 is 9.59 Å². The van der Waals surface area contributed by atoms with Crippen LogP contribution in [-0.2, 0) is 9.59 Å². The molecule has 0 bridgehead atoms. The van der Waals surface area contributed by atoms with Crippen LogP contribution in [0.5, 0.6) is 0 Å². The lowest BCUT2D eigenvalue weighted by Gasteiger charge is -1.98. The maximum absolute atomic E-state index is 12.1. The summed E-state index contributed by atoms with van der Waals surface area (Å²) in [6.45, 7) is 0. The summed E-state index contributed by atoms with van der Waals surface area (Å²) in [5.41, 5.74) is 3.41. The monoisotopic (exact) mass is 382 g/mol. The minimum atomic E-state index is -0.0948. The number of carbonyl (C=O) groups is 2. The number of hydrogen-bond acceptors (Lipinski definition) is 6. The quantitative estimate of drug-likeness (QED) is 0.504. The Labute approximate surface area is 157 Å². The molecule has 0 saturated carbocycles. The number of benzene rings is 2. The van der Waals surface area contributed by atoms with Crippen LogP contribution in [0.1, 0.15) is 12.8 Å². The Morgan fingerprint density at radius 1 is 0.731 bits per heavy atom. The third-order valence-corrected chi connectivity index (χ3v) is 5.33. The number of hydrogen-bond donors (Lipinski definition) is 2. The third kappa shape index (κ3) is 3.81. The van der Waals surface area contributed by atoms with Crippen molar-refractivity contribution in [1.29, 1.82) is 0 Å². The van der Waals surface area contributed by atoms with E-state index in [0.717, 1.165) is 45.6 Å². The van der Waals surface area contributed by atoms with E-state index in [0.29, 0.717) is 10.3 Å². The fourth-order valence-electron chi connectivity index (χ4n) is 2.48. The molecule has 2 heterocycles. The van der Waals surface area contributed by atoms with Gasteiger partial charge < -0.3 is 9.97 Å². The van der Waals surface area contributed by atoms with Crippen LogP contribution >= 0.6 is 23.5 Å². The van der Waals surface area contributed by atoms with Crippen molar-refractivity contribution >= 4 is 55.8 Å². The molecule has 2 aromatic carbocycles. The summed E-state index contributed by atoms with van der Waals surface area (Å²) in [5.74, 6) is 0. The summed E-state index contributed by atoms with van der Waals surface area (Å²) < 4.78 is 0. The van der Waals surface area contributed by atoms with Gasteiger partial charge in [0.1, 0.15) is 0 Å². The summed E-state index contributed by atoms with van der Waals surface area (Å²) in [6, 6.07) is 15.2. The molecule has 4 aromatic rings. The van der Waals surface area contributed by atoms with Crippen molar-refractivity contribution in [3.8, 4) is 0 Å². The molecule has 8 heteroatoms. The number of nitrogens with zero attached hydrogens (tertiary/aromatic N) is 2. The van der Waals surface area contributed by atoms with Crippen LogP contribution in [0, 0.1) is 0 Å². The van der Waals surface area contributed by atoms with Gasteiger partial charge in [0.2, 0.25) is 0 Å². The normalized spacial score (nSPS) is 11.2. The highest BCUT2D eigenvalue weighted by molar-refractivity contribution is 8.14. The molecule has 2 aromatic heterocycles. The van der Waals surface area contributed by atoms with E-state index in [4.69, 9.17) is 0 Å². The van der Waals surface area contributed by atoms with Crippen LogP contribution in [-0.4, -0.2) is 30.2 Å². The number of aromatic nitrogens is 4. The van der Waals surface area contributed by atoms with Gasteiger partial charge in [0.15, 0.2) is 20.5 Å². The molecule has 4 rings (SSSR count). The van der Waals surface area contributed by atoms with Gasteiger partial charge in [-0.1, -0.05) is 24.3 Å². The van der Waals surface area contributed by atoms with Gasteiger partial charge >= 0.3 is 0 Å². The highest BCUT2D eigenvalue weighted by Crippen LogP contribution is 2.24. The number of H-pyrrole nitrogens is 2. The Morgan fingerprint density at radius 3 is 1.58 bits per heavy atom. The fourth-order valence-corrected chi connectivity index (χ4v) is 3.93. The molecule has 130 valence electrons. The van der Waals surface area contributed by atoms with Crippen molar-refractivity contribution in [2.75, 3.05) is 0 Å². The first-order valence-electron chi connectivity index (χ1n) is 7.98. The lowest BCUT2D eigenvalue weighted by Crippen LogP contribution is -1.98. The summed E-state index contributed by atoms with van der Waals surface area (Å²) in [4.78, 5) is 39.1. The van der Waals surface area contributed by atoms with E-state index in [1.807, 2.05) is 48.5 Å². The van der Waals surface area contributed by atoms with Gasteiger partial charge in [-0.25, -0.2) is 9.97 Å². The van der Waals surface area contributed by atoms with Crippen LogP contribution in [0.25, 0.3) is 22.1 Å². The Bertz CT molecular complexity index is 949. The molecule has 0 unspecified atom stereocenters. The fraction of sp³-hybridized carbons (Fsp3) is 0.111. The molecule has 0 amide bonds. The number of carbonyl (C=O) groups excluding carboxylic acids is 2.